The SMILES string of the molecule is COc1ccc(-c2cc(C(=O)NC3CCCCCC3)nn2C2CCS(=O)(=O)C2)cc1. The molecule has 1 aromatic carbocycles. The molecule has 1 saturated carbocycles. The van der Waals surface area contributed by atoms with E-state index in [1.165, 1.54) is 12.8 Å². The van der Waals surface area contributed by atoms with Crippen LogP contribution in [-0.2, 0) is 9.84 Å². The summed E-state index contributed by atoms with van der Waals surface area (Å²) in [7, 11) is -1.46. The van der Waals surface area contributed by atoms with Gasteiger partial charge in [0.1, 0.15) is 5.75 Å². The van der Waals surface area contributed by atoms with Gasteiger partial charge in [-0.2, -0.15) is 5.10 Å². The number of nitrogens with one attached hydrogen (secondary N) is 1. The highest BCUT2D eigenvalue weighted by molar-refractivity contribution is 7.91. The van der Waals surface area contributed by atoms with Crippen molar-refractivity contribution >= 4 is 15.7 Å². The molecule has 1 aliphatic carbocycles. The van der Waals surface area contributed by atoms with Crippen LogP contribution in [0.1, 0.15) is 61.5 Å². The maximum absolute atomic E-state index is 12.9. The van der Waals surface area contributed by atoms with Crippen LogP contribution in [0.4, 0.5) is 0 Å². The van der Waals surface area contributed by atoms with E-state index in [1.807, 2.05) is 24.3 Å². The van der Waals surface area contributed by atoms with Crippen molar-refractivity contribution in [2.24, 2.45) is 0 Å². The molecule has 4 rings (SSSR count). The van der Waals surface area contributed by atoms with E-state index in [0.29, 0.717) is 12.1 Å². The van der Waals surface area contributed by atoms with E-state index in [2.05, 4.69) is 10.4 Å². The molecule has 2 heterocycles. The zero-order chi connectivity index (χ0) is 21.1. The van der Waals surface area contributed by atoms with Gasteiger partial charge in [0.2, 0.25) is 0 Å². The van der Waals surface area contributed by atoms with E-state index in [9.17, 15) is 13.2 Å². The van der Waals surface area contributed by atoms with Crippen molar-refractivity contribution in [3.8, 4) is 17.0 Å². The topological polar surface area (TPSA) is 90.3 Å². The number of benzene rings is 1. The Kier molecular flexibility index (Phi) is 6.13. The highest BCUT2D eigenvalue weighted by Gasteiger charge is 2.32. The molecule has 1 N–H and O–H groups in total. The minimum Gasteiger partial charge on any atom is -0.497 e. The van der Waals surface area contributed by atoms with Gasteiger partial charge in [-0.1, -0.05) is 25.7 Å². The van der Waals surface area contributed by atoms with Gasteiger partial charge in [0.15, 0.2) is 15.5 Å². The summed E-state index contributed by atoms with van der Waals surface area (Å²) in [5, 5.41) is 7.71. The predicted octanol–water partition coefficient (Wildman–Crippen LogP) is 3.37. The number of ether oxygens (including phenoxy) is 1. The second-order valence-electron chi connectivity index (χ2n) is 8.31. The lowest BCUT2D eigenvalue weighted by Crippen LogP contribution is -2.34. The van der Waals surface area contributed by atoms with Gasteiger partial charge < -0.3 is 10.1 Å². The van der Waals surface area contributed by atoms with Gasteiger partial charge in [0.05, 0.1) is 30.4 Å². The number of amides is 1. The molecule has 7 nitrogen and oxygen atoms in total. The average molecular weight is 432 g/mol. The summed E-state index contributed by atoms with van der Waals surface area (Å²) in [5.41, 5.74) is 1.97. The predicted molar refractivity (Wildman–Crippen MR) is 115 cm³/mol. The maximum Gasteiger partial charge on any atom is 0.272 e. The van der Waals surface area contributed by atoms with Crippen LogP contribution in [-0.4, -0.2) is 48.8 Å². The summed E-state index contributed by atoms with van der Waals surface area (Å²) in [5.74, 6) is 0.765. The minimum absolute atomic E-state index is 0.0571. The lowest BCUT2D eigenvalue weighted by atomic mass is 10.1. The summed E-state index contributed by atoms with van der Waals surface area (Å²) in [6.07, 6.45) is 7.22. The van der Waals surface area contributed by atoms with Crippen LogP contribution in [0.2, 0.25) is 0 Å². The van der Waals surface area contributed by atoms with E-state index < -0.39 is 9.84 Å². The quantitative estimate of drug-likeness (QED) is 0.733. The number of carbonyl (C=O) groups is 1. The molecule has 162 valence electrons. The second-order valence-corrected chi connectivity index (χ2v) is 10.5. The molecule has 2 aliphatic rings. The van der Waals surface area contributed by atoms with Gasteiger partial charge in [0.25, 0.3) is 5.91 Å². The highest BCUT2D eigenvalue weighted by atomic mass is 32.2. The largest absolute Gasteiger partial charge is 0.497 e. The molecule has 1 aromatic heterocycles. The molecule has 0 radical (unpaired) electrons. The first kappa shape index (κ1) is 20.9. The maximum atomic E-state index is 12.9. The first-order chi connectivity index (χ1) is 14.4. The van der Waals surface area contributed by atoms with Gasteiger partial charge in [-0.25, -0.2) is 8.42 Å². The molecule has 0 spiro atoms. The number of nitrogens with zero attached hydrogens (tertiary/aromatic N) is 2. The Balaban J connectivity index is 1.63. The van der Waals surface area contributed by atoms with Crippen molar-refractivity contribution in [3.63, 3.8) is 0 Å². The van der Waals surface area contributed by atoms with E-state index in [1.54, 1.807) is 17.9 Å². The van der Waals surface area contributed by atoms with Crippen LogP contribution in [0.5, 0.6) is 5.75 Å². The summed E-state index contributed by atoms with van der Waals surface area (Å²) < 4.78 is 31.1. The lowest BCUT2D eigenvalue weighted by Gasteiger charge is -2.15. The Hall–Kier alpha value is -2.35. The molecule has 1 saturated heterocycles. The Morgan fingerprint density at radius 1 is 1.10 bits per heavy atom. The zero-order valence-electron chi connectivity index (χ0n) is 17.3. The van der Waals surface area contributed by atoms with Crippen molar-refractivity contribution in [2.45, 2.75) is 57.0 Å². The molecule has 1 aliphatic heterocycles. The van der Waals surface area contributed by atoms with Crippen molar-refractivity contribution in [1.29, 1.82) is 0 Å². The smallest absolute Gasteiger partial charge is 0.272 e. The lowest BCUT2D eigenvalue weighted by molar-refractivity contribution is 0.0927. The molecule has 1 unspecified atom stereocenters. The van der Waals surface area contributed by atoms with Crippen LogP contribution in [0.15, 0.2) is 30.3 Å². The first-order valence-electron chi connectivity index (χ1n) is 10.7. The molecule has 30 heavy (non-hydrogen) atoms. The van der Waals surface area contributed by atoms with Gasteiger partial charge in [0, 0.05) is 11.6 Å². The number of hydrogen-bond donors (Lipinski definition) is 1. The van der Waals surface area contributed by atoms with E-state index in [0.717, 1.165) is 42.7 Å². The highest BCUT2D eigenvalue weighted by Crippen LogP contribution is 2.31. The Bertz CT molecular complexity index is 990. The third kappa shape index (κ3) is 4.69. The van der Waals surface area contributed by atoms with Gasteiger partial charge in [-0.3, -0.25) is 9.48 Å². The summed E-state index contributed by atoms with van der Waals surface area (Å²) in [4.78, 5) is 12.9. The second kappa shape index (κ2) is 8.79. The molecule has 1 atom stereocenters. The van der Waals surface area contributed by atoms with Crippen LogP contribution >= 0.6 is 0 Å². The monoisotopic (exact) mass is 431 g/mol. The van der Waals surface area contributed by atoms with Gasteiger partial charge in [-0.15, -0.1) is 0 Å². The average Bonchev–Trinajstić information content (AvgIpc) is 3.24. The summed E-state index contributed by atoms with van der Waals surface area (Å²) >= 11 is 0. The molecule has 8 heteroatoms. The van der Waals surface area contributed by atoms with Crippen LogP contribution in [0.25, 0.3) is 11.3 Å². The number of hydrogen-bond acceptors (Lipinski definition) is 5. The summed E-state index contributed by atoms with van der Waals surface area (Å²) in [6.45, 7) is 0. The third-order valence-corrected chi connectivity index (χ3v) is 7.85. The van der Waals surface area contributed by atoms with E-state index in [-0.39, 0.29) is 29.5 Å². The number of aromatic nitrogens is 2. The fourth-order valence-electron chi connectivity index (χ4n) is 4.41. The fourth-order valence-corrected chi connectivity index (χ4v) is 6.10. The number of carbonyl (C=O) groups excluding carboxylic acids is 1. The number of rotatable bonds is 5. The Morgan fingerprint density at radius 2 is 1.80 bits per heavy atom. The number of sulfone groups is 1. The fraction of sp³-hybridized carbons (Fsp3) is 0.545. The standard InChI is InChI=1S/C22H29N3O4S/c1-29-19-10-8-16(9-11-19)21-14-20(22(26)23-17-6-4-2-3-5-7-17)24-25(21)18-12-13-30(27,28)15-18/h8-11,14,17-18H,2-7,12-13,15H2,1H3,(H,23,26). The van der Waals surface area contributed by atoms with Crippen LogP contribution < -0.4 is 10.1 Å². The number of methoxy groups -OCH3 is 1. The van der Waals surface area contributed by atoms with Gasteiger partial charge >= 0.3 is 0 Å². The van der Waals surface area contributed by atoms with E-state index >= 15 is 0 Å². The molecular formula is C22H29N3O4S. The third-order valence-electron chi connectivity index (χ3n) is 6.10. The van der Waals surface area contributed by atoms with Crippen LogP contribution in [0, 0.1) is 0 Å². The minimum atomic E-state index is -3.07. The van der Waals surface area contributed by atoms with Crippen LogP contribution in [0.3, 0.4) is 0 Å². The van der Waals surface area contributed by atoms with Crippen molar-refractivity contribution < 1.29 is 17.9 Å². The molecular weight excluding hydrogens is 402 g/mol. The molecule has 0 bridgehead atoms. The normalized spacial score (nSPS) is 21.8. The van der Waals surface area contributed by atoms with Crippen molar-refractivity contribution in [1.82, 2.24) is 15.1 Å². The molecule has 1 amide bonds. The van der Waals surface area contributed by atoms with Crippen molar-refractivity contribution in [2.75, 3.05) is 18.6 Å². The first-order valence-corrected chi connectivity index (χ1v) is 12.5. The molecule has 2 fully saturated rings. The Labute approximate surface area is 177 Å². The molecule has 2 aromatic rings. The Morgan fingerprint density at radius 3 is 2.40 bits per heavy atom. The van der Waals surface area contributed by atoms with E-state index in [4.69, 9.17) is 4.74 Å². The summed E-state index contributed by atoms with van der Waals surface area (Å²) in [6, 6.07) is 9.21. The van der Waals surface area contributed by atoms with Gasteiger partial charge in [-0.05, 0) is 49.6 Å². The van der Waals surface area contributed by atoms with Crippen molar-refractivity contribution in [3.05, 3.63) is 36.0 Å². The zero-order valence-corrected chi connectivity index (χ0v) is 18.2.